The molecule has 10 nitrogen and oxygen atoms in total. The predicted octanol–water partition coefficient (Wildman–Crippen LogP) is 0.135. The molecule has 0 aromatic rings. The predicted molar refractivity (Wildman–Crippen MR) is 97.2 cm³/mol. The number of aliphatic hydroxyl groups is 2. The molecule has 10 heteroatoms. The van der Waals surface area contributed by atoms with Gasteiger partial charge in [-0.3, -0.25) is 14.4 Å². The molecule has 0 aromatic heterocycles. The van der Waals surface area contributed by atoms with Gasteiger partial charge in [0.2, 0.25) is 0 Å². The number of hydrogen-bond donors (Lipinski definition) is 4. The zero-order valence-corrected chi connectivity index (χ0v) is 16.4. The fraction of sp³-hybridized carbons (Fsp3) is 0.778. The molecule has 1 heterocycles. The molecule has 1 rings (SSSR count). The van der Waals surface area contributed by atoms with Crippen LogP contribution in [0.15, 0.2) is 0 Å². The Morgan fingerprint density at radius 2 is 1.79 bits per heavy atom. The second-order valence-corrected chi connectivity index (χ2v) is 6.57. The van der Waals surface area contributed by atoms with Crippen molar-refractivity contribution in [2.45, 2.75) is 77.0 Å². The van der Waals surface area contributed by atoms with E-state index in [1.165, 1.54) is 13.8 Å². The highest BCUT2D eigenvalue weighted by molar-refractivity contribution is 5.88. The molecule has 4 N–H and O–H groups in total. The highest BCUT2D eigenvalue weighted by Crippen LogP contribution is 2.07. The lowest BCUT2D eigenvalue weighted by Gasteiger charge is -2.11. The molecule has 2 unspecified atom stereocenters. The first-order valence-electron chi connectivity index (χ1n) is 9.33. The van der Waals surface area contributed by atoms with Crippen LogP contribution in [-0.4, -0.2) is 70.6 Å². The first kappa shape index (κ1) is 26.0. The van der Waals surface area contributed by atoms with Gasteiger partial charge in [-0.1, -0.05) is 0 Å². The van der Waals surface area contributed by atoms with Gasteiger partial charge in [-0.05, 0) is 46.1 Å². The highest BCUT2D eigenvalue weighted by Gasteiger charge is 2.25. The molecule has 1 fully saturated rings. The van der Waals surface area contributed by atoms with E-state index in [1.807, 2.05) is 0 Å². The van der Waals surface area contributed by atoms with E-state index < -0.39 is 36.1 Å². The molecule has 0 bridgehead atoms. The molecule has 1 aliphatic rings. The van der Waals surface area contributed by atoms with Gasteiger partial charge >= 0.3 is 23.9 Å². The van der Waals surface area contributed by atoms with Gasteiger partial charge in [-0.15, -0.1) is 0 Å². The standard InChI is InChI=1S/C10H17NO4.C8H14O5/c12-7-2-1-5-9(13)15-10(14)8-4-3-6-11-8;1-5(9)3-8(12)13-6(2)4-7(10)11/h8,11-12H,1-7H2;5-6,9H,3-4H2,1-2H3,(H,10,11)/t8-;/m0./s1. The molecule has 0 saturated carbocycles. The Labute approximate surface area is 164 Å². The van der Waals surface area contributed by atoms with E-state index in [2.05, 4.69) is 10.1 Å². The maximum absolute atomic E-state index is 11.3. The fourth-order valence-corrected chi connectivity index (χ4v) is 2.30. The molecular formula is C18H31NO9. The van der Waals surface area contributed by atoms with E-state index >= 15 is 0 Å². The first-order valence-corrected chi connectivity index (χ1v) is 9.33. The number of aliphatic hydroxyl groups excluding tert-OH is 2. The van der Waals surface area contributed by atoms with Gasteiger partial charge in [0.1, 0.15) is 12.1 Å². The summed E-state index contributed by atoms with van der Waals surface area (Å²) < 4.78 is 9.35. The van der Waals surface area contributed by atoms with E-state index in [9.17, 15) is 19.2 Å². The Morgan fingerprint density at radius 1 is 1.11 bits per heavy atom. The molecule has 28 heavy (non-hydrogen) atoms. The number of rotatable bonds is 10. The molecule has 162 valence electrons. The normalized spacial score (nSPS) is 17.6. The molecule has 0 radical (unpaired) electrons. The minimum atomic E-state index is -1.02. The molecule has 0 aromatic carbocycles. The fourth-order valence-electron chi connectivity index (χ4n) is 2.30. The summed E-state index contributed by atoms with van der Waals surface area (Å²) in [7, 11) is 0. The lowest BCUT2D eigenvalue weighted by molar-refractivity contribution is -0.161. The Bertz CT molecular complexity index is 501. The van der Waals surface area contributed by atoms with Crippen LogP contribution in [0.25, 0.3) is 0 Å². The summed E-state index contributed by atoms with van der Waals surface area (Å²) in [5.74, 6) is -2.57. The van der Waals surface area contributed by atoms with Crippen LogP contribution in [0.1, 0.15) is 58.8 Å². The van der Waals surface area contributed by atoms with E-state index in [0.29, 0.717) is 12.8 Å². The average Bonchev–Trinajstić information content (AvgIpc) is 3.08. The van der Waals surface area contributed by atoms with Crippen molar-refractivity contribution in [3.8, 4) is 0 Å². The van der Waals surface area contributed by atoms with Gasteiger partial charge in [-0.2, -0.15) is 0 Å². The zero-order chi connectivity index (χ0) is 21.5. The second kappa shape index (κ2) is 14.9. The van der Waals surface area contributed by atoms with Gasteiger partial charge in [0.05, 0.1) is 18.9 Å². The van der Waals surface area contributed by atoms with E-state index in [0.717, 1.165) is 19.4 Å². The van der Waals surface area contributed by atoms with Gasteiger partial charge in [-0.25, -0.2) is 4.79 Å². The number of carbonyl (C=O) groups excluding carboxylic acids is 3. The number of unbranched alkanes of at least 4 members (excludes halogenated alkanes) is 1. The van der Waals surface area contributed by atoms with Crippen LogP contribution < -0.4 is 5.32 Å². The summed E-state index contributed by atoms with van der Waals surface area (Å²) in [6.45, 7) is 3.82. The number of carbonyl (C=O) groups is 4. The number of hydrogen-bond acceptors (Lipinski definition) is 9. The van der Waals surface area contributed by atoms with Crippen molar-refractivity contribution in [2.24, 2.45) is 0 Å². The van der Waals surface area contributed by atoms with Crippen LogP contribution >= 0.6 is 0 Å². The Balaban J connectivity index is 0.000000528. The molecule has 3 atom stereocenters. The number of nitrogens with one attached hydrogen (secondary N) is 1. The van der Waals surface area contributed by atoms with Crippen LogP contribution in [0.4, 0.5) is 0 Å². The smallest absolute Gasteiger partial charge is 0.330 e. The molecular weight excluding hydrogens is 374 g/mol. The van der Waals surface area contributed by atoms with Crippen molar-refractivity contribution >= 4 is 23.9 Å². The summed E-state index contributed by atoms with van der Waals surface area (Å²) in [6, 6.07) is -0.313. The topological polar surface area (TPSA) is 159 Å². The molecule has 0 aliphatic carbocycles. The summed E-state index contributed by atoms with van der Waals surface area (Å²) >= 11 is 0. The third-order valence-corrected chi connectivity index (χ3v) is 3.61. The van der Waals surface area contributed by atoms with E-state index in [4.69, 9.17) is 20.1 Å². The number of aliphatic carboxylic acids is 1. The van der Waals surface area contributed by atoms with Crippen LogP contribution in [0.5, 0.6) is 0 Å². The van der Waals surface area contributed by atoms with Gasteiger partial charge in [0, 0.05) is 13.0 Å². The lowest BCUT2D eigenvalue weighted by atomic mass is 10.2. The molecule has 0 amide bonds. The summed E-state index contributed by atoms with van der Waals surface area (Å²) in [5, 5.41) is 28.6. The van der Waals surface area contributed by atoms with Crippen LogP contribution in [0, 0.1) is 0 Å². The second-order valence-electron chi connectivity index (χ2n) is 6.57. The van der Waals surface area contributed by atoms with Gasteiger partial charge < -0.3 is 30.1 Å². The van der Waals surface area contributed by atoms with Crippen molar-refractivity contribution < 1.29 is 44.0 Å². The minimum absolute atomic E-state index is 0.0609. The minimum Gasteiger partial charge on any atom is -0.481 e. The van der Waals surface area contributed by atoms with E-state index in [1.54, 1.807) is 0 Å². The third-order valence-electron chi connectivity index (χ3n) is 3.61. The highest BCUT2D eigenvalue weighted by atomic mass is 16.6. The maximum atomic E-state index is 11.3. The van der Waals surface area contributed by atoms with Crippen LogP contribution in [-0.2, 0) is 28.7 Å². The van der Waals surface area contributed by atoms with Gasteiger partial charge in [0.25, 0.3) is 0 Å². The summed E-state index contributed by atoms with van der Waals surface area (Å²) in [5.41, 5.74) is 0. The zero-order valence-electron chi connectivity index (χ0n) is 16.4. The third kappa shape index (κ3) is 14.1. The van der Waals surface area contributed by atoms with Crippen molar-refractivity contribution in [3.05, 3.63) is 0 Å². The molecule has 1 aliphatic heterocycles. The molecule has 1 saturated heterocycles. The number of carboxylic acid groups (broad SMARTS) is 1. The Morgan fingerprint density at radius 3 is 2.29 bits per heavy atom. The van der Waals surface area contributed by atoms with E-state index in [-0.39, 0.29) is 31.9 Å². The van der Waals surface area contributed by atoms with Crippen LogP contribution in [0.2, 0.25) is 0 Å². The number of esters is 3. The first-order chi connectivity index (χ1) is 13.1. The monoisotopic (exact) mass is 405 g/mol. The van der Waals surface area contributed by atoms with Crippen LogP contribution in [0.3, 0.4) is 0 Å². The molecule has 0 spiro atoms. The Kier molecular flexibility index (Phi) is 13.9. The summed E-state index contributed by atoms with van der Waals surface area (Å²) in [4.78, 5) is 43.5. The summed E-state index contributed by atoms with van der Waals surface area (Å²) in [6.07, 6.45) is 1.26. The maximum Gasteiger partial charge on any atom is 0.330 e. The SMILES string of the molecule is CC(O)CC(=O)OC(C)CC(=O)O.O=C(CCCCO)OC(=O)[C@@H]1CCCN1. The average molecular weight is 405 g/mol. The van der Waals surface area contributed by atoms with Crippen molar-refractivity contribution in [1.29, 1.82) is 0 Å². The lowest BCUT2D eigenvalue weighted by Crippen LogP contribution is -2.33. The number of ether oxygens (including phenoxy) is 2. The Hall–Kier alpha value is -2.04. The van der Waals surface area contributed by atoms with Crippen molar-refractivity contribution in [2.75, 3.05) is 13.2 Å². The largest absolute Gasteiger partial charge is 0.481 e. The van der Waals surface area contributed by atoms with Crippen molar-refractivity contribution in [3.63, 3.8) is 0 Å². The number of carboxylic acids is 1. The van der Waals surface area contributed by atoms with Crippen molar-refractivity contribution in [1.82, 2.24) is 5.32 Å². The van der Waals surface area contributed by atoms with Gasteiger partial charge in [0.15, 0.2) is 0 Å². The quantitative estimate of drug-likeness (QED) is 0.223.